The Morgan fingerprint density at radius 3 is 2.42 bits per heavy atom. The second kappa shape index (κ2) is 8.75. The minimum atomic E-state index is -0.670. The molecule has 0 radical (unpaired) electrons. The van der Waals surface area contributed by atoms with E-state index in [1.165, 1.54) is 30.5 Å². The molecule has 0 atom stereocenters. The molecule has 0 amide bonds. The number of ether oxygens (including phenoxy) is 1. The molecule has 0 unspecified atom stereocenters. The Balaban J connectivity index is 1.59. The number of aromatic amines is 1. The predicted molar refractivity (Wildman–Crippen MR) is 119 cm³/mol. The number of fused-ring (bicyclic) bond motifs is 1. The maximum absolute atomic E-state index is 13.0. The first-order valence-electron chi connectivity index (χ1n) is 9.07. The monoisotopic (exact) mass is 457 g/mol. The third-order valence-electron chi connectivity index (χ3n) is 4.42. The molecular weight excluding hydrogens is 444 g/mol. The van der Waals surface area contributed by atoms with Crippen molar-refractivity contribution in [1.29, 1.82) is 0 Å². The summed E-state index contributed by atoms with van der Waals surface area (Å²) >= 11 is 12.6. The van der Waals surface area contributed by atoms with Crippen LogP contribution >= 0.6 is 23.2 Å². The van der Waals surface area contributed by atoms with Crippen molar-refractivity contribution in [2.24, 2.45) is 5.10 Å². The highest BCUT2D eigenvalue weighted by Crippen LogP contribution is 2.34. The van der Waals surface area contributed by atoms with Crippen molar-refractivity contribution in [2.45, 2.75) is 6.61 Å². The lowest BCUT2D eigenvalue weighted by atomic mass is 10.2. The Morgan fingerprint density at radius 1 is 1.03 bits per heavy atom. The van der Waals surface area contributed by atoms with E-state index in [-0.39, 0.29) is 28.2 Å². The van der Waals surface area contributed by atoms with Crippen molar-refractivity contribution < 1.29 is 9.13 Å². The fourth-order valence-electron chi connectivity index (χ4n) is 2.91. The first-order chi connectivity index (χ1) is 14.9. The standard InChI is InChI=1S/C22H14Cl2FN3O3/c23-17-9-14(10-18(24)20(17)31-12-13-5-7-15(25)8-6-13)11-26-28-21(29)16-3-1-2-4-19(16)27-22(28)30/h1-11H,12H2,(H,27,30). The first-order valence-corrected chi connectivity index (χ1v) is 9.82. The lowest BCUT2D eigenvalue weighted by molar-refractivity contribution is 0.306. The number of hydrogen-bond acceptors (Lipinski definition) is 4. The zero-order chi connectivity index (χ0) is 22.0. The quantitative estimate of drug-likeness (QED) is 0.445. The molecule has 4 aromatic rings. The van der Waals surface area contributed by atoms with Crippen molar-refractivity contribution >= 4 is 40.3 Å². The maximum Gasteiger partial charge on any atom is 0.349 e. The summed E-state index contributed by atoms with van der Waals surface area (Å²) in [6, 6.07) is 15.6. The minimum absolute atomic E-state index is 0.148. The molecule has 1 N–H and O–H groups in total. The van der Waals surface area contributed by atoms with Crippen molar-refractivity contribution in [3.63, 3.8) is 0 Å². The van der Waals surface area contributed by atoms with Crippen LogP contribution in [0.3, 0.4) is 0 Å². The molecule has 4 rings (SSSR count). The number of rotatable bonds is 5. The Morgan fingerprint density at radius 2 is 1.71 bits per heavy atom. The SMILES string of the molecule is O=c1[nH]c2ccccc2c(=O)n1N=Cc1cc(Cl)c(OCc2ccc(F)cc2)c(Cl)c1. The molecule has 9 heteroatoms. The van der Waals surface area contributed by atoms with E-state index in [4.69, 9.17) is 27.9 Å². The van der Waals surface area contributed by atoms with Gasteiger partial charge < -0.3 is 9.72 Å². The molecule has 3 aromatic carbocycles. The number of benzene rings is 3. The van der Waals surface area contributed by atoms with Gasteiger partial charge in [0.25, 0.3) is 5.56 Å². The third kappa shape index (κ3) is 4.52. The predicted octanol–water partition coefficient (Wildman–Crippen LogP) is 4.60. The van der Waals surface area contributed by atoms with Gasteiger partial charge >= 0.3 is 5.69 Å². The lowest BCUT2D eigenvalue weighted by Crippen LogP contribution is -2.32. The summed E-state index contributed by atoms with van der Waals surface area (Å²) in [6.07, 6.45) is 1.30. The largest absolute Gasteiger partial charge is 0.486 e. The molecule has 6 nitrogen and oxygen atoms in total. The molecule has 0 aliphatic heterocycles. The number of para-hydroxylation sites is 1. The summed E-state index contributed by atoms with van der Waals surface area (Å²) in [5, 5.41) is 4.75. The molecule has 0 fully saturated rings. The van der Waals surface area contributed by atoms with Crippen LogP contribution in [0.5, 0.6) is 5.75 Å². The topological polar surface area (TPSA) is 76.5 Å². The third-order valence-corrected chi connectivity index (χ3v) is 4.98. The van der Waals surface area contributed by atoms with Crippen LogP contribution < -0.4 is 16.0 Å². The molecule has 1 heterocycles. The molecule has 0 saturated carbocycles. The highest BCUT2D eigenvalue weighted by atomic mass is 35.5. The second-order valence-corrected chi connectivity index (χ2v) is 7.38. The Labute approximate surface area is 185 Å². The molecule has 0 bridgehead atoms. The van der Waals surface area contributed by atoms with E-state index in [1.807, 2.05) is 0 Å². The molecule has 156 valence electrons. The van der Waals surface area contributed by atoms with Crippen LogP contribution in [0.4, 0.5) is 4.39 Å². The van der Waals surface area contributed by atoms with Gasteiger partial charge in [0, 0.05) is 0 Å². The first kappa shape index (κ1) is 20.8. The number of nitrogens with one attached hydrogen (secondary N) is 1. The number of hydrogen-bond donors (Lipinski definition) is 1. The van der Waals surface area contributed by atoms with Gasteiger partial charge in [-0.1, -0.05) is 47.5 Å². The molecule has 0 aliphatic rings. The van der Waals surface area contributed by atoms with Gasteiger partial charge in [0.2, 0.25) is 0 Å². The van der Waals surface area contributed by atoms with Crippen molar-refractivity contribution in [3.8, 4) is 5.75 Å². The van der Waals surface area contributed by atoms with Crippen LogP contribution in [-0.4, -0.2) is 15.9 Å². The minimum Gasteiger partial charge on any atom is -0.486 e. The average molecular weight is 458 g/mol. The van der Waals surface area contributed by atoms with Gasteiger partial charge in [-0.3, -0.25) is 4.79 Å². The van der Waals surface area contributed by atoms with Gasteiger partial charge in [-0.05, 0) is 47.5 Å². The van der Waals surface area contributed by atoms with Crippen molar-refractivity contribution in [1.82, 2.24) is 9.66 Å². The normalized spacial score (nSPS) is 11.3. The van der Waals surface area contributed by atoms with Crippen LogP contribution in [0.2, 0.25) is 10.0 Å². The smallest absolute Gasteiger partial charge is 0.349 e. The van der Waals surface area contributed by atoms with Crippen LogP contribution in [0.1, 0.15) is 11.1 Å². The van der Waals surface area contributed by atoms with Crippen LogP contribution in [0.15, 0.2) is 75.4 Å². The fraction of sp³-hybridized carbons (Fsp3) is 0.0455. The van der Waals surface area contributed by atoms with Crippen LogP contribution in [0.25, 0.3) is 10.9 Å². The Hall–Kier alpha value is -3.42. The van der Waals surface area contributed by atoms with Gasteiger partial charge in [0.1, 0.15) is 12.4 Å². The molecule has 0 saturated heterocycles. The number of aromatic nitrogens is 2. The highest BCUT2D eigenvalue weighted by molar-refractivity contribution is 6.37. The van der Waals surface area contributed by atoms with Gasteiger partial charge in [-0.2, -0.15) is 5.10 Å². The molecule has 1 aromatic heterocycles. The highest BCUT2D eigenvalue weighted by Gasteiger charge is 2.11. The zero-order valence-electron chi connectivity index (χ0n) is 15.8. The van der Waals surface area contributed by atoms with Crippen molar-refractivity contribution in [2.75, 3.05) is 0 Å². The summed E-state index contributed by atoms with van der Waals surface area (Å²) in [7, 11) is 0. The van der Waals surface area contributed by atoms with E-state index in [1.54, 1.807) is 36.4 Å². The number of H-pyrrole nitrogens is 1. The van der Waals surface area contributed by atoms with Gasteiger partial charge in [-0.15, -0.1) is 4.68 Å². The van der Waals surface area contributed by atoms with Crippen LogP contribution in [0, 0.1) is 5.82 Å². The van der Waals surface area contributed by atoms with Crippen LogP contribution in [-0.2, 0) is 6.61 Å². The summed E-state index contributed by atoms with van der Waals surface area (Å²) in [5.41, 5.74) is 0.416. The Kier molecular flexibility index (Phi) is 5.88. The van der Waals surface area contributed by atoms with Gasteiger partial charge in [0.15, 0.2) is 5.75 Å². The van der Waals surface area contributed by atoms with E-state index in [9.17, 15) is 14.0 Å². The average Bonchev–Trinajstić information content (AvgIpc) is 2.74. The molecular formula is C22H14Cl2FN3O3. The summed E-state index contributed by atoms with van der Waals surface area (Å²) in [6.45, 7) is 0.148. The fourth-order valence-corrected chi connectivity index (χ4v) is 3.52. The van der Waals surface area contributed by atoms with E-state index in [2.05, 4.69) is 10.1 Å². The summed E-state index contributed by atoms with van der Waals surface area (Å²) < 4.78 is 19.4. The van der Waals surface area contributed by atoms with E-state index >= 15 is 0 Å². The number of nitrogens with zero attached hydrogens (tertiary/aromatic N) is 2. The van der Waals surface area contributed by atoms with Gasteiger partial charge in [0.05, 0.1) is 27.2 Å². The zero-order valence-corrected chi connectivity index (χ0v) is 17.3. The second-order valence-electron chi connectivity index (χ2n) is 6.57. The molecule has 31 heavy (non-hydrogen) atoms. The summed E-state index contributed by atoms with van der Waals surface area (Å²) in [5.74, 6) is -0.0849. The maximum atomic E-state index is 13.0. The lowest BCUT2D eigenvalue weighted by Gasteiger charge is -2.11. The molecule has 0 aliphatic carbocycles. The van der Waals surface area contributed by atoms with E-state index in [0.29, 0.717) is 16.5 Å². The molecule has 0 spiro atoms. The van der Waals surface area contributed by atoms with Gasteiger partial charge in [-0.25, -0.2) is 9.18 Å². The van der Waals surface area contributed by atoms with E-state index < -0.39 is 11.2 Å². The number of halogens is 3. The Bertz CT molecular complexity index is 1390. The van der Waals surface area contributed by atoms with E-state index in [0.717, 1.165) is 10.2 Å². The van der Waals surface area contributed by atoms with Crippen molar-refractivity contribution in [3.05, 3.63) is 108 Å². The summed E-state index contributed by atoms with van der Waals surface area (Å²) in [4.78, 5) is 27.3.